The van der Waals surface area contributed by atoms with Gasteiger partial charge in [0.05, 0.1) is 29.3 Å². The van der Waals surface area contributed by atoms with E-state index in [2.05, 4.69) is 16.0 Å². The van der Waals surface area contributed by atoms with Gasteiger partial charge in [0.15, 0.2) is 0 Å². The molecule has 0 bridgehead atoms. The molecule has 0 aliphatic carbocycles. The number of hydrogen-bond donors (Lipinski definition) is 1. The molecule has 0 saturated carbocycles. The number of benzene rings is 3. The molecule has 6 heteroatoms. The number of carbonyl (C=O) groups excluding carboxylic acids is 1. The normalized spacial score (nSPS) is 11.2. The molecule has 0 aliphatic rings. The van der Waals surface area contributed by atoms with E-state index in [9.17, 15) is 10.1 Å². The number of nitrogens with one attached hydrogen (secondary N) is 1. The number of carbonyl (C=O) groups is 1. The highest BCUT2D eigenvalue weighted by Crippen LogP contribution is 2.25. The largest absolute Gasteiger partial charge is 0.488 e. The number of aromatic amines is 1. The lowest BCUT2D eigenvalue weighted by Gasteiger charge is -2.10. The third-order valence-electron chi connectivity index (χ3n) is 4.75. The van der Waals surface area contributed by atoms with Gasteiger partial charge in [0, 0.05) is 5.56 Å². The molecule has 31 heavy (non-hydrogen) atoms. The Morgan fingerprint density at radius 2 is 1.81 bits per heavy atom. The zero-order valence-electron chi connectivity index (χ0n) is 16.8. The Morgan fingerprint density at radius 1 is 1.06 bits per heavy atom. The van der Waals surface area contributed by atoms with Gasteiger partial charge < -0.3 is 14.5 Å². The van der Waals surface area contributed by atoms with Gasteiger partial charge in [-0.15, -0.1) is 0 Å². The van der Waals surface area contributed by atoms with Crippen LogP contribution in [0.2, 0.25) is 0 Å². The fourth-order valence-corrected chi connectivity index (χ4v) is 3.14. The van der Waals surface area contributed by atoms with Gasteiger partial charge in [-0.05, 0) is 42.0 Å². The number of esters is 1. The number of aromatic nitrogens is 2. The van der Waals surface area contributed by atoms with E-state index in [1.807, 2.05) is 60.7 Å². The minimum absolute atomic E-state index is 0.318. The van der Waals surface area contributed by atoms with Crippen molar-refractivity contribution in [3.63, 3.8) is 0 Å². The molecular weight excluding hydrogens is 390 g/mol. The summed E-state index contributed by atoms with van der Waals surface area (Å²) in [7, 11) is 1.35. The first-order valence-electron chi connectivity index (χ1n) is 9.64. The van der Waals surface area contributed by atoms with Gasteiger partial charge in [-0.1, -0.05) is 42.5 Å². The fourth-order valence-electron chi connectivity index (χ4n) is 3.14. The molecule has 4 aromatic rings. The Kier molecular flexibility index (Phi) is 5.77. The Hall–Kier alpha value is -4.37. The topological polar surface area (TPSA) is 88.0 Å². The van der Waals surface area contributed by atoms with Crippen molar-refractivity contribution >= 4 is 28.7 Å². The van der Waals surface area contributed by atoms with Gasteiger partial charge in [-0.2, -0.15) is 5.26 Å². The summed E-state index contributed by atoms with van der Waals surface area (Å²) in [4.78, 5) is 19.3. The van der Waals surface area contributed by atoms with Gasteiger partial charge in [0.1, 0.15) is 24.3 Å². The van der Waals surface area contributed by atoms with Crippen LogP contribution in [0, 0.1) is 11.3 Å². The Bertz CT molecular complexity index is 1260. The standard InChI is InChI=1S/C25H19N3O3/c1-30-25(29)18-12-10-17(11-13-18)16-31-23-9-5-2-6-19(23)14-20(15-26)24-27-21-7-3-4-8-22(21)28-24/h2-14H,16H2,1H3,(H,27,28). The van der Waals surface area contributed by atoms with E-state index in [4.69, 9.17) is 9.47 Å². The van der Waals surface area contributed by atoms with Crippen molar-refractivity contribution in [1.29, 1.82) is 5.26 Å². The van der Waals surface area contributed by atoms with E-state index < -0.39 is 0 Å². The zero-order valence-corrected chi connectivity index (χ0v) is 16.8. The zero-order chi connectivity index (χ0) is 21.6. The quantitative estimate of drug-likeness (QED) is 0.358. The predicted molar refractivity (Wildman–Crippen MR) is 118 cm³/mol. The minimum atomic E-state index is -0.377. The molecule has 0 atom stereocenters. The third-order valence-corrected chi connectivity index (χ3v) is 4.75. The second kappa shape index (κ2) is 8.97. The summed E-state index contributed by atoms with van der Waals surface area (Å²) in [5.74, 6) is 0.776. The average Bonchev–Trinajstić information content (AvgIpc) is 3.25. The van der Waals surface area contributed by atoms with Gasteiger partial charge in [-0.3, -0.25) is 0 Å². The van der Waals surface area contributed by atoms with Crippen molar-refractivity contribution < 1.29 is 14.3 Å². The van der Waals surface area contributed by atoms with Crippen LogP contribution in [0.1, 0.15) is 27.3 Å². The Labute approximate surface area is 179 Å². The molecule has 152 valence electrons. The summed E-state index contributed by atoms with van der Waals surface area (Å²) in [5.41, 5.74) is 4.25. The maximum atomic E-state index is 11.6. The number of H-pyrrole nitrogens is 1. The third kappa shape index (κ3) is 4.46. The van der Waals surface area contributed by atoms with E-state index in [1.54, 1.807) is 18.2 Å². The van der Waals surface area contributed by atoms with E-state index in [0.29, 0.717) is 29.3 Å². The van der Waals surface area contributed by atoms with E-state index in [0.717, 1.165) is 22.2 Å². The number of methoxy groups -OCH3 is 1. The number of para-hydroxylation sites is 3. The highest BCUT2D eigenvalue weighted by atomic mass is 16.5. The minimum Gasteiger partial charge on any atom is -0.488 e. The van der Waals surface area contributed by atoms with Crippen LogP contribution in [0.4, 0.5) is 0 Å². The molecule has 0 radical (unpaired) electrons. The highest BCUT2D eigenvalue weighted by molar-refractivity contribution is 5.91. The van der Waals surface area contributed by atoms with Crippen LogP contribution in [0.5, 0.6) is 5.75 Å². The molecule has 1 N–H and O–H groups in total. The molecule has 1 aromatic heterocycles. The highest BCUT2D eigenvalue weighted by Gasteiger charge is 2.10. The second-order valence-corrected chi connectivity index (χ2v) is 6.79. The number of rotatable bonds is 6. The van der Waals surface area contributed by atoms with Crippen molar-refractivity contribution in [2.24, 2.45) is 0 Å². The first-order chi connectivity index (χ1) is 15.2. The molecule has 1 heterocycles. The molecule has 0 aliphatic heterocycles. The number of fused-ring (bicyclic) bond motifs is 1. The number of nitriles is 1. The first-order valence-corrected chi connectivity index (χ1v) is 9.64. The van der Waals surface area contributed by atoms with E-state index in [-0.39, 0.29) is 5.97 Å². The van der Waals surface area contributed by atoms with Crippen molar-refractivity contribution in [2.45, 2.75) is 6.61 Å². The molecule has 0 unspecified atom stereocenters. The van der Waals surface area contributed by atoms with Crippen LogP contribution in [-0.4, -0.2) is 23.0 Å². The summed E-state index contributed by atoms with van der Waals surface area (Å²) >= 11 is 0. The molecule has 6 nitrogen and oxygen atoms in total. The lowest BCUT2D eigenvalue weighted by molar-refractivity contribution is 0.0600. The van der Waals surface area contributed by atoms with Crippen LogP contribution >= 0.6 is 0 Å². The maximum Gasteiger partial charge on any atom is 0.337 e. The van der Waals surface area contributed by atoms with E-state index in [1.165, 1.54) is 7.11 Å². The van der Waals surface area contributed by atoms with Gasteiger partial charge >= 0.3 is 5.97 Å². The predicted octanol–water partition coefficient (Wildman–Crippen LogP) is 4.99. The molecule has 4 rings (SSSR count). The monoisotopic (exact) mass is 409 g/mol. The first kappa shape index (κ1) is 19.9. The fraction of sp³-hybridized carbons (Fsp3) is 0.0800. The Morgan fingerprint density at radius 3 is 2.55 bits per heavy atom. The van der Waals surface area contributed by atoms with Crippen LogP contribution in [0.25, 0.3) is 22.7 Å². The van der Waals surface area contributed by atoms with Crippen molar-refractivity contribution in [2.75, 3.05) is 7.11 Å². The molecule has 0 spiro atoms. The number of nitrogens with zero attached hydrogens (tertiary/aromatic N) is 2. The van der Waals surface area contributed by atoms with Crippen LogP contribution in [-0.2, 0) is 11.3 Å². The SMILES string of the molecule is COC(=O)c1ccc(COc2ccccc2C=C(C#N)c2nc3ccccc3[nH]2)cc1. The maximum absolute atomic E-state index is 11.6. The van der Waals surface area contributed by atoms with Crippen LogP contribution in [0.3, 0.4) is 0 Å². The molecule has 0 amide bonds. The van der Waals surface area contributed by atoms with Gasteiger partial charge in [0.2, 0.25) is 0 Å². The van der Waals surface area contributed by atoms with Crippen molar-refractivity contribution in [1.82, 2.24) is 9.97 Å². The molecule has 0 saturated heterocycles. The van der Waals surface area contributed by atoms with E-state index >= 15 is 0 Å². The van der Waals surface area contributed by atoms with Gasteiger partial charge in [-0.25, -0.2) is 9.78 Å². The van der Waals surface area contributed by atoms with Crippen LogP contribution < -0.4 is 4.74 Å². The lowest BCUT2D eigenvalue weighted by Crippen LogP contribution is -2.02. The smallest absolute Gasteiger partial charge is 0.337 e. The summed E-state index contributed by atoms with van der Waals surface area (Å²) in [5, 5.41) is 9.70. The van der Waals surface area contributed by atoms with Crippen molar-refractivity contribution in [3.8, 4) is 11.8 Å². The van der Waals surface area contributed by atoms with Gasteiger partial charge in [0.25, 0.3) is 0 Å². The number of hydrogen-bond acceptors (Lipinski definition) is 5. The summed E-state index contributed by atoms with van der Waals surface area (Å²) in [6.45, 7) is 0.318. The summed E-state index contributed by atoms with van der Waals surface area (Å²) in [6, 6.07) is 24.4. The summed E-state index contributed by atoms with van der Waals surface area (Å²) < 4.78 is 10.7. The van der Waals surface area contributed by atoms with Crippen LogP contribution in [0.15, 0.2) is 72.8 Å². The Balaban J connectivity index is 1.56. The number of ether oxygens (including phenoxy) is 2. The lowest BCUT2D eigenvalue weighted by atomic mass is 10.1. The number of allylic oxidation sites excluding steroid dienone is 1. The number of imidazole rings is 1. The summed E-state index contributed by atoms with van der Waals surface area (Å²) in [6.07, 6.45) is 1.76. The van der Waals surface area contributed by atoms with Crippen molar-refractivity contribution in [3.05, 3.63) is 95.3 Å². The average molecular weight is 409 g/mol. The molecule has 0 fully saturated rings. The molecule has 3 aromatic carbocycles. The molecular formula is C25H19N3O3. The second-order valence-electron chi connectivity index (χ2n) is 6.79.